The molecule has 100 valence electrons. The van der Waals surface area contributed by atoms with Gasteiger partial charge in [-0.15, -0.1) is 11.3 Å². The molecule has 0 saturated carbocycles. The first kappa shape index (κ1) is 13.3. The lowest BCUT2D eigenvalue weighted by atomic mass is 10.2. The highest BCUT2D eigenvalue weighted by Gasteiger charge is 2.14. The van der Waals surface area contributed by atoms with E-state index in [1.807, 2.05) is 13.1 Å². The number of thiazole rings is 1. The number of nitro groups is 1. The number of nitro benzene ring substituents is 1. The van der Waals surface area contributed by atoms with Crippen molar-refractivity contribution in [2.75, 3.05) is 12.4 Å². The average molecular weight is 279 g/mol. The average Bonchev–Trinajstić information content (AvgIpc) is 2.81. The smallest absolute Gasteiger partial charge is 0.311 e. The highest BCUT2D eigenvalue weighted by molar-refractivity contribution is 7.11. The molecule has 1 N–H and O–H groups in total. The van der Waals surface area contributed by atoms with Gasteiger partial charge in [-0.1, -0.05) is 0 Å². The molecule has 0 unspecified atom stereocenters. The van der Waals surface area contributed by atoms with E-state index in [-0.39, 0.29) is 11.4 Å². The van der Waals surface area contributed by atoms with Crippen LogP contribution in [0.3, 0.4) is 0 Å². The van der Waals surface area contributed by atoms with Crippen molar-refractivity contribution in [2.24, 2.45) is 0 Å². The Morgan fingerprint density at radius 1 is 1.53 bits per heavy atom. The first-order valence-electron chi connectivity index (χ1n) is 5.57. The van der Waals surface area contributed by atoms with Gasteiger partial charge in [-0.25, -0.2) is 4.98 Å². The first-order chi connectivity index (χ1) is 9.10. The summed E-state index contributed by atoms with van der Waals surface area (Å²) >= 11 is 1.61. The normalized spacial score (nSPS) is 10.2. The molecule has 0 atom stereocenters. The van der Waals surface area contributed by atoms with E-state index in [2.05, 4.69) is 10.3 Å². The summed E-state index contributed by atoms with van der Waals surface area (Å²) in [6, 6.07) is 4.71. The number of aromatic nitrogens is 1. The predicted octanol–water partition coefficient (Wildman–Crippen LogP) is 2.98. The fraction of sp³-hybridized carbons (Fsp3) is 0.250. The summed E-state index contributed by atoms with van der Waals surface area (Å²) in [4.78, 5) is 15.6. The topological polar surface area (TPSA) is 77.3 Å². The van der Waals surface area contributed by atoms with Crippen molar-refractivity contribution in [3.8, 4) is 5.75 Å². The Kier molecular flexibility index (Phi) is 3.96. The van der Waals surface area contributed by atoms with E-state index in [1.165, 1.54) is 13.2 Å². The maximum Gasteiger partial charge on any atom is 0.311 e. The minimum Gasteiger partial charge on any atom is -0.490 e. The molecular formula is C12H13N3O3S. The van der Waals surface area contributed by atoms with Crippen LogP contribution < -0.4 is 10.1 Å². The van der Waals surface area contributed by atoms with Gasteiger partial charge in [0.05, 0.1) is 23.6 Å². The SMILES string of the molecule is COc1cc(NCc2cnc(C)s2)ccc1[N+](=O)[O-]. The van der Waals surface area contributed by atoms with E-state index in [9.17, 15) is 10.1 Å². The molecule has 2 aromatic rings. The van der Waals surface area contributed by atoms with Crippen LogP contribution in [0.4, 0.5) is 11.4 Å². The second-order valence-electron chi connectivity index (χ2n) is 3.84. The zero-order valence-corrected chi connectivity index (χ0v) is 11.4. The van der Waals surface area contributed by atoms with E-state index in [4.69, 9.17) is 4.74 Å². The summed E-state index contributed by atoms with van der Waals surface area (Å²) in [6.07, 6.45) is 1.82. The number of methoxy groups -OCH3 is 1. The van der Waals surface area contributed by atoms with Crippen molar-refractivity contribution in [1.29, 1.82) is 0 Å². The number of nitrogens with zero attached hydrogens (tertiary/aromatic N) is 2. The van der Waals surface area contributed by atoms with Gasteiger partial charge in [-0.05, 0) is 13.0 Å². The second-order valence-corrected chi connectivity index (χ2v) is 5.16. The standard InChI is InChI=1S/C12H13N3O3S/c1-8-13-6-10(19-8)7-14-9-3-4-11(15(16)17)12(5-9)18-2/h3-6,14H,7H2,1-2H3. The lowest BCUT2D eigenvalue weighted by Crippen LogP contribution is -1.99. The van der Waals surface area contributed by atoms with E-state index < -0.39 is 4.92 Å². The van der Waals surface area contributed by atoms with Gasteiger partial charge in [0.15, 0.2) is 5.75 Å². The van der Waals surface area contributed by atoms with Crippen molar-refractivity contribution in [2.45, 2.75) is 13.5 Å². The van der Waals surface area contributed by atoms with E-state index in [0.717, 1.165) is 15.6 Å². The summed E-state index contributed by atoms with van der Waals surface area (Å²) in [5, 5.41) is 15.0. The molecule has 0 amide bonds. The van der Waals surface area contributed by atoms with Gasteiger partial charge in [0.25, 0.3) is 0 Å². The summed E-state index contributed by atoms with van der Waals surface area (Å²) in [7, 11) is 1.42. The van der Waals surface area contributed by atoms with Gasteiger partial charge in [-0.2, -0.15) is 0 Å². The monoisotopic (exact) mass is 279 g/mol. The Morgan fingerprint density at radius 3 is 2.89 bits per heavy atom. The summed E-state index contributed by atoms with van der Waals surface area (Å²) in [6.45, 7) is 2.58. The van der Waals surface area contributed by atoms with Crippen LogP contribution in [0.15, 0.2) is 24.4 Å². The molecule has 0 radical (unpaired) electrons. The molecule has 1 aromatic heterocycles. The molecule has 0 aliphatic rings. The van der Waals surface area contributed by atoms with Crippen LogP contribution in [-0.2, 0) is 6.54 Å². The number of aryl methyl sites for hydroxylation is 1. The highest BCUT2D eigenvalue weighted by atomic mass is 32.1. The predicted molar refractivity (Wildman–Crippen MR) is 73.8 cm³/mol. The Bertz CT molecular complexity index is 598. The molecule has 0 bridgehead atoms. The van der Waals surface area contributed by atoms with Crippen molar-refractivity contribution in [3.05, 3.63) is 44.4 Å². The molecule has 1 heterocycles. The van der Waals surface area contributed by atoms with Gasteiger partial charge in [0.1, 0.15) is 0 Å². The van der Waals surface area contributed by atoms with Crippen molar-refractivity contribution >= 4 is 22.7 Å². The molecule has 1 aromatic carbocycles. The fourth-order valence-corrected chi connectivity index (χ4v) is 2.35. The van der Waals surface area contributed by atoms with E-state index in [1.54, 1.807) is 23.5 Å². The molecule has 7 heteroatoms. The number of anilines is 1. The van der Waals surface area contributed by atoms with Crippen LogP contribution in [-0.4, -0.2) is 17.0 Å². The van der Waals surface area contributed by atoms with E-state index >= 15 is 0 Å². The minimum absolute atomic E-state index is 0.0401. The second kappa shape index (κ2) is 5.66. The maximum atomic E-state index is 10.8. The number of nitrogens with one attached hydrogen (secondary N) is 1. The van der Waals surface area contributed by atoms with Crippen LogP contribution in [0.2, 0.25) is 0 Å². The van der Waals surface area contributed by atoms with E-state index in [0.29, 0.717) is 6.54 Å². The maximum absolute atomic E-state index is 10.8. The molecule has 2 rings (SSSR count). The third-order valence-electron chi connectivity index (χ3n) is 2.51. The molecule has 0 aliphatic heterocycles. The van der Waals surface area contributed by atoms with Gasteiger partial charge >= 0.3 is 5.69 Å². The van der Waals surface area contributed by atoms with Crippen molar-refractivity contribution < 1.29 is 9.66 Å². The van der Waals surface area contributed by atoms with Crippen LogP contribution in [0.5, 0.6) is 5.75 Å². The zero-order chi connectivity index (χ0) is 13.8. The molecule has 19 heavy (non-hydrogen) atoms. The van der Waals surface area contributed by atoms with Crippen LogP contribution in [0, 0.1) is 17.0 Å². The first-order valence-corrected chi connectivity index (χ1v) is 6.39. The molecular weight excluding hydrogens is 266 g/mol. The summed E-state index contributed by atoms with van der Waals surface area (Å²) < 4.78 is 5.01. The highest BCUT2D eigenvalue weighted by Crippen LogP contribution is 2.29. The van der Waals surface area contributed by atoms with Crippen LogP contribution >= 0.6 is 11.3 Å². The molecule has 0 fully saturated rings. The van der Waals surface area contributed by atoms with Crippen LogP contribution in [0.1, 0.15) is 9.88 Å². The number of rotatable bonds is 5. The van der Waals surface area contributed by atoms with Crippen molar-refractivity contribution in [1.82, 2.24) is 4.98 Å². The molecule has 0 aliphatic carbocycles. The lowest BCUT2D eigenvalue weighted by molar-refractivity contribution is -0.385. The number of hydrogen-bond acceptors (Lipinski definition) is 6. The van der Waals surface area contributed by atoms with Gasteiger partial charge in [-0.3, -0.25) is 10.1 Å². The summed E-state index contributed by atoms with van der Waals surface area (Å²) in [5.41, 5.74) is 0.732. The largest absolute Gasteiger partial charge is 0.490 e. The Labute approximate surface area is 114 Å². The van der Waals surface area contributed by atoms with Gasteiger partial charge in [0, 0.05) is 28.9 Å². The lowest BCUT2D eigenvalue weighted by Gasteiger charge is -2.07. The van der Waals surface area contributed by atoms with Gasteiger partial charge < -0.3 is 10.1 Å². The third kappa shape index (κ3) is 3.19. The fourth-order valence-electron chi connectivity index (χ4n) is 1.61. The number of ether oxygens (including phenoxy) is 1. The number of benzene rings is 1. The third-order valence-corrected chi connectivity index (χ3v) is 3.43. The Morgan fingerprint density at radius 2 is 2.32 bits per heavy atom. The molecule has 0 spiro atoms. The van der Waals surface area contributed by atoms with Crippen LogP contribution in [0.25, 0.3) is 0 Å². The minimum atomic E-state index is -0.463. The Balaban J connectivity index is 2.11. The quantitative estimate of drug-likeness (QED) is 0.672. The Hall–Kier alpha value is -2.15. The number of hydrogen-bond donors (Lipinski definition) is 1. The summed E-state index contributed by atoms with van der Waals surface area (Å²) in [5.74, 6) is 0.246. The van der Waals surface area contributed by atoms with Crippen molar-refractivity contribution in [3.63, 3.8) is 0 Å². The molecule has 0 saturated heterocycles. The van der Waals surface area contributed by atoms with Gasteiger partial charge in [0.2, 0.25) is 0 Å². The molecule has 6 nitrogen and oxygen atoms in total. The zero-order valence-electron chi connectivity index (χ0n) is 10.5.